The van der Waals surface area contributed by atoms with E-state index in [1.807, 2.05) is 35.2 Å². The van der Waals surface area contributed by atoms with E-state index in [0.717, 1.165) is 5.56 Å². The Bertz CT molecular complexity index is 840. The number of carbonyl (C=O) groups excluding carboxylic acids is 1. The van der Waals surface area contributed by atoms with Gasteiger partial charge >= 0.3 is 0 Å². The van der Waals surface area contributed by atoms with Crippen LogP contribution < -0.4 is 5.32 Å². The summed E-state index contributed by atoms with van der Waals surface area (Å²) in [7, 11) is 0. The van der Waals surface area contributed by atoms with E-state index in [0.29, 0.717) is 63.0 Å². The van der Waals surface area contributed by atoms with Crippen molar-refractivity contribution >= 4 is 11.7 Å². The largest absolute Gasteiger partial charge is 0.366 e. The first kappa shape index (κ1) is 18.6. The van der Waals surface area contributed by atoms with E-state index < -0.39 is 5.79 Å². The monoisotopic (exact) mass is 380 g/mol. The number of carbonyl (C=O) groups is 1. The van der Waals surface area contributed by atoms with Crippen molar-refractivity contribution in [2.24, 2.45) is 0 Å². The molecule has 4 rings (SSSR count). The quantitative estimate of drug-likeness (QED) is 0.804. The molecule has 3 heterocycles. The zero-order valence-electron chi connectivity index (χ0n) is 15.8. The molecule has 146 valence electrons. The summed E-state index contributed by atoms with van der Waals surface area (Å²) in [6, 6.07) is 11.4. The maximum atomic E-state index is 13.1. The average molecular weight is 380 g/mol. The predicted molar refractivity (Wildman–Crippen MR) is 106 cm³/mol. The highest BCUT2D eigenvalue weighted by Crippen LogP contribution is 2.31. The van der Waals surface area contributed by atoms with Gasteiger partial charge in [0.2, 0.25) is 0 Å². The number of anilines is 1. The number of nitrogens with one attached hydrogen (secondary N) is 1. The molecule has 2 aliphatic heterocycles. The molecular formula is C21H24N4O3. The number of ether oxygens (including phenoxy) is 2. The number of aromatic nitrogens is 2. The van der Waals surface area contributed by atoms with E-state index in [9.17, 15) is 4.79 Å². The number of likely N-dealkylation sites (tertiary alicyclic amines) is 1. The molecule has 1 spiro atoms. The highest BCUT2D eigenvalue weighted by molar-refractivity contribution is 5.93. The van der Waals surface area contributed by atoms with Gasteiger partial charge in [0.1, 0.15) is 11.5 Å². The molecule has 2 aromatic rings. The highest BCUT2D eigenvalue weighted by atomic mass is 16.7. The van der Waals surface area contributed by atoms with Gasteiger partial charge in [-0.15, -0.1) is 6.58 Å². The molecule has 0 bridgehead atoms. The first-order valence-electron chi connectivity index (χ1n) is 9.56. The second-order valence-electron chi connectivity index (χ2n) is 6.90. The number of hydrogen-bond acceptors (Lipinski definition) is 6. The molecule has 2 aliphatic rings. The molecule has 0 radical (unpaired) electrons. The molecule has 7 nitrogen and oxygen atoms in total. The van der Waals surface area contributed by atoms with E-state index in [2.05, 4.69) is 21.9 Å². The topological polar surface area (TPSA) is 76.6 Å². The molecule has 28 heavy (non-hydrogen) atoms. The normalized spacial score (nSPS) is 18.2. The summed E-state index contributed by atoms with van der Waals surface area (Å²) in [6.07, 6.45) is 3.10. The maximum absolute atomic E-state index is 13.1. The van der Waals surface area contributed by atoms with Gasteiger partial charge in [-0.25, -0.2) is 9.97 Å². The highest BCUT2D eigenvalue weighted by Gasteiger charge is 2.41. The van der Waals surface area contributed by atoms with Gasteiger partial charge in [-0.2, -0.15) is 0 Å². The number of hydrogen-bond donors (Lipinski definition) is 1. The van der Waals surface area contributed by atoms with Gasteiger partial charge < -0.3 is 19.7 Å². The number of benzene rings is 1. The second-order valence-corrected chi connectivity index (χ2v) is 6.90. The molecular weight excluding hydrogens is 356 g/mol. The summed E-state index contributed by atoms with van der Waals surface area (Å²) >= 11 is 0. The third kappa shape index (κ3) is 3.90. The van der Waals surface area contributed by atoms with E-state index in [4.69, 9.17) is 9.47 Å². The van der Waals surface area contributed by atoms with Gasteiger partial charge in [-0.1, -0.05) is 36.4 Å². The second kappa shape index (κ2) is 8.08. The van der Waals surface area contributed by atoms with Crippen molar-refractivity contribution in [2.45, 2.75) is 18.6 Å². The first-order chi connectivity index (χ1) is 13.7. The van der Waals surface area contributed by atoms with Gasteiger partial charge in [0.25, 0.3) is 5.91 Å². The Morgan fingerprint density at radius 2 is 1.89 bits per heavy atom. The Labute approximate surface area is 164 Å². The van der Waals surface area contributed by atoms with E-state index in [1.165, 1.54) is 0 Å². The van der Waals surface area contributed by atoms with Crippen molar-refractivity contribution < 1.29 is 14.3 Å². The SMILES string of the molecule is C=CCNc1cc(C(=O)N2CCC3(CC2)OCCO3)nc(-c2ccccc2)n1. The standard InChI is InChI=1S/C21H24N4O3/c1-2-10-22-18-15-17(23-19(24-18)16-6-4-3-5-7-16)20(26)25-11-8-21(9-12-25)27-13-14-28-21/h2-7,15H,1,8-14H2,(H,22,23,24). The molecule has 2 saturated heterocycles. The van der Waals surface area contributed by atoms with Crippen LogP contribution in [-0.2, 0) is 9.47 Å². The zero-order valence-corrected chi connectivity index (χ0v) is 15.8. The average Bonchev–Trinajstić information content (AvgIpc) is 3.20. The van der Waals surface area contributed by atoms with Crippen LogP contribution in [0.5, 0.6) is 0 Å². The molecule has 1 aromatic heterocycles. The summed E-state index contributed by atoms with van der Waals surface area (Å²) in [5, 5.41) is 3.16. The molecule has 1 N–H and O–H groups in total. The van der Waals surface area contributed by atoms with Crippen molar-refractivity contribution in [1.82, 2.24) is 14.9 Å². The summed E-state index contributed by atoms with van der Waals surface area (Å²) in [4.78, 5) is 24.0. The summed E-state index contributed by atoms with van der Waals surface area (Å²) in [6.45, 7) is 6.68. The Kier molecular flexibility index (Phi) is 5.36. The maximum Gasteiger partial charge on any atom is 0.272 e. The van der Waals surface area contributed by atoms with Crippen LogP contribution in [0.25, 0.3) is 11.4 Å². The van der Waals surface area contributed by atoms with Crippen molar-refractivity contribution in [3.05, 3.63) is 54.7 Å². The molecule has 0 saturated carbocycles. The van der Waals surface area contributed by atoms with E-state index >= 15 is 0 Å². The van der Waals surface area contributed by atoms with Crippen LogP contribution in [-0.4, -0.2) is 59.4 Å². The first-order valence-corrected chi connectivity index (χ1v) is 9.56. The van der Waals surface area contributed by atoms with Crippen LogP contribution in [0.2, 0.25) is 0 Å². The number of piperidine rings is 1. The summed E-state index contributed by atoms with van der Waals surface area (Å²) < 4.78 is 11.5. The minimum atomic E-state index is -0.506. The Morgan fingerprint density at radius 1 is 1.18 bits per heavy atom. The van der Waals surface area contributed by atoms with Gasteiger partial charge in [-0.05, 0) is 0 Å². The fourth-order valence-electron chi connectivity index (χ4n) is 3.54. The lowest BCUT2D eigenvalue weighted by atomic mass is 10.0. The Morgan fingerprint density at radius 3 is 2.57 bits per heavy atom. The molecule has 0 aliphatic carbocycles. The zero-order chi connectivity index (χ0) is 19.4. The van der Waals surface area contributed by atoms with Crippen LogP contribution in [0, 0.1) is 0 Å². The third-order valence-corrected chi connectivity index (χ3v) is 5.03. The smallest absolute Gasteiger partial charge is 0.272 e. The molecule has 2 fully saturated rings. The van der Waals surface area contributed by atoms with Crippen molar-refractivity contribution in [3.8, 4) is 11.4 Å². The van der Waals surface area contributed by atoms with Crippen LogP contribution in [0.4, 0.5) is 5.82 Å². The van der Waals surface area contributed by atoms with Crippen LogP contribution in [0.3, 0.4) is 0 Å². The van der Waals surface area contributed by atoms with Gasteiger partial charge in [0.15, 0.2) is 11.6 Å². The molecule has 0 unspecified atom stereocenters. The predicted octanol–water partition coefficient (Wildman–Crippen LogP) is 2.72. The number of rotatable bonds is 5. The fourth-order valence-corrected chi connectivity index (χ4v) is 3.54. The molecule has 7 heteroatoms. The lowest BCUT2D eigenvalue weighted by Gasteiger charge is -2.37. The van der Waals surface area contributed by atoms with Gasteiger partial charge in [-0.3, -0.25) is 4.79 Å². The van der Waals surface area contributed by atoms with Crippen molar-refractivity contribution in [1.29, 1.82) is 0 Å². The molecule has 0 atom stereocenters. The Balaban J connectivity index is 1.57. The lowest BCUT2D eigenvalue weighted by molar-refractivity contribution is -0.181. The van der Waals surface area contributed by atoms with Crippen LogP contribution >= 0.6 is 0 Å². The summed E-state index contributed by atoms with van der Waals surface area (Å²) in [5.41, 5.74) is 1.24. The van der Waals surface area contributed by atoms with E-state index in [-0.39, 0.29) is 5.91 Å². The minimum Gasteiger partial charge on any atom is -0.366 e. The number of amides is 1. The van der Waals surface area contributed by atoms with Crippen LogP contribution in [0.15, 0.2) is 49.1 Å². The van der Waals surface area contributed by atoms with E-state index in [1.54, 1.807) is 12.1 Å². The molecule has 1 aromatic carbocycles. The van der Waals surface area contributed by atoms with Gasteiger partial charge in [0, 0.05) is 44.1 Å². The number of nitrogens with zero attached hydrogens (tertiary/aromatic N) is 3. The third-order valence-electron chi connectivity index (χ3n) is 5.03. The fraction of sp³-hybridized carbons (Fsp3) is 0.381. The lowest BCUT2D eigenvalue weighted by Crippen LogP contribution is -2.47. The van der Waals surface area contributed by atoms with Crippen molar-refractivity contribution in [2.75, 3.05) is 38.2 Å². The Hall–Kier alpha value is -2.77. The van der Waals surface area contributed by atoms with Crippen LogP contribution in [0.1, 0.15) is 23.3 Å². The summed E-state index contributed by atoms with van der Waals surface area (Å²) in [5.74, 6) is 0.519. The van der Waals surface area contributed by atoms with Gasteiger partial charge in [0.05, 0.1) is 13.2 Å². The van der Waals surface area contributed by atoms with Crippen molar-refractivity contribution in [3.63, 3.8) is 0 Å². The molecule has 1 amide bonds. The minimum absolute atomic E-state index is 0.103.